The van der Waals surface area contributed by atoms with Gasteiger partial charge in [-0.05, 0) is 29.3 Å². The minimum absolute atomic E-state index is 0.0151. The van der Waals surface area contributed by atoms with Gasteiger partial charge in [-0.1, -0.05) is 34.1 Å². The van der Waals surface area contributed by atoms with Crippen LogP contribution in [0.5, 0.6) is 0 Å². The zero-order chi connectivity index (χ0) is 14.1. The zero-order valence-corrected chi connectivity index (χ0v) is 12.0. The third-order valence-corrected chi connectivity index (χ3v) is 3.98. The van der Waals surface area contributed by atoms with Crippen molar-refractivity contribution in [3.8, 4) is 6.07 Å². The van der Waals surface area contributed by atoms with Gasteiger partial charge < -0.3 is 5.32 Å². The van der Waals surface area contributed by atoms with Crippen LogP contribution < -0.4 is 5.32 Å². The molecule has 1 atom stereocenters. The lowest BCUT2D eigenvalue weighted by Gasteiger charge is -2.18. The number of hydrogen-bond acceptors (Lipinski definition) is 2. The van der Waals surface area contributed by atoms with Gasteiger partial charge in [-0.2, -0.15) is 10.3 Å². The number of nitrogens with one attached hydrogen (secondary N) is 1. The van der Waals surface area contributed by atoms with Gasteiger partial charge in [0.05, 0.1) is 23.9 Å². The van der Waals surface area contributed by atoms with Gasteiger partial charge in [0.15, 0.2) is 0 Å². The van der Waals surface area contributed by atoms with Crippen LogP contribution in [0.1, 0.15) is 17.0 Å². The summed E-state index contributed by atoms with van der Waals surface area (Å²) in [5, 5.41) is 11.7. The van der Waals surface area contributed by atoms with E-state index in [1.165, 1.54) is 0 Å². The van der Waals surface area contributed by atoms with Crippen LogP contribution in [0.4, 0.5) is 4.79 Å². The Morgan fingerprint density at radius 3 is 3.10 bits per heavy atom. The summed E-state index contributed by atoms with van der Waals surface area (Å²) < 4.78 is 0.960. The fraction of sp³-hybridized carbons (Fsp3) is 0.133. The zero-order valence-electron chi connectivity index (χ0n) is 10.4. The van der Waals surface area contributed by atoms with E-state index in [9.17, 15) is 4.79 Å². The quantitative estimate of drug-likeness (QED) is 0.906. The van der Waals surface area contributed by atoms with Crippen molar-refractivity contribution in [1.29, 1.82) is 5.26 Å². The molecule has 98 valence electrons. The molecule has 20 heavy (non-hydrogen) atoms. The third-order valence-electron chi connectivity index (χ3n) is 3.29. The predicted molar refractivity (Wildman–Crippen MR) is 79.4 cm³/mol. The molecule has 1 aromatic carbocycles. The SMILES string of the molecule is N#CCc1cccc(Br)c1C1C=CC2=NC(=O)NC2=C1. The lowest BCUT2D eigenvalue weighted by atomic mass is 9.88. The molecule has 2 aliphatic rings. The first-order valence-corrected chi connectivity index (χ1v) is 6.92. The number of halogens is 1. The minimum atomic E-state index is -0.332. The Kier molecular flexibility index (Phi) is 3.25. The molecule has 1 heterocycles. The van der Waals surface area contributed by atoms with E-state index in [-0.39, 0.29) is 11.9 Å². The Bertz CT molecular complexity index is 725. The van der Waals surface area contributed by atoms with Gasteiger partial charge >= 0.3 is 6.03 Å². The van der Waals surface area contributed by atoms with Crippen molar-refractivity contribution >= 4 is 27.7 Å². The molecule has 1 unspecified atom stereocenters. The molecule has 4 nitrogen and oxygen atoms in total. The highest BCUT2D eigenvalue weighted by atomic mass is 79.9. The number of hydrogen-bond donors (Lipinski definition) is 1. The van der Waals surface area contributed by atoms with Crippen molar-refractivity contribution in [2.45, 2.75) is 12.3 Å². The van der Waals surface area contributed by atoms with Crippen LogP contribution in [0.3, 0.4) is 0 Å². The Morgan fingerprint density at radius 1 is 1.45 bits per heavy atom. The Balaban J connectivity index is 2.04. The van der Waals surface area contributed by atoms with Gasteiger partial charge in [0, 0.05) is 10.4 Å². The Labute approximate surface area is 124 Å². The van der Waals surface area contributed by atoms with Crippen molar-refractivity contribution in [3.63, 3.8) is 0 Å². The minimum Gasteiger partial charge on any atom is -0.304 e. The summed E-state index contributed by atoms with van der Waals surface area (Å²) in [4.78, 5) is 15.1. The first-order chi connectivity index (χ1) is 9.69. The van der Waals surface area contributed by atoms with Crippen LogP contribution in [0.2, 0.25) is 0 Å². The summed E-state index contributed by atoms with van der Waals surface area (Å²) >= 11 is 3.55. The van der Waals surface area contributed by atoms with Gasteiger partial charge in [-0.15, -0.1) is 0 Å². The van der Waals surface area contributed by atoms with Crippen LogP contribution in [0.15, 0.2) is 51.6 Å². The lowest BCUT2D eigenvalue weighted by molar-refractivity contribution is 0.253. The molecule has 0 radical (unpaired) electrons. The van der Waals surface area contributed by atoms with E-state index in [0.29, 0.717) is 12.1 Å². The molecule has 0 aromatic heterocycles. The number of carbonyl (C=O) groups is 1. The Morgan fingerprint density at radius 2 is 2.30 bits per heavy atom. The fourth-order valence-corrected chi connectivity index (χ4v) is 3.11. The monoisotopic (exact) mass is 327 g/mol. The normalized spacial score (nSPS) is 19.8. The summed E-state index contributed by atoms with van der Waals surface area (Å²) in [6.07, 6.45) is 6.15. The molecule has 0 spiro atoms. The van der Waals surface area contributed by atoms with Gasteiger partial charge in [0.1, 0.15) is 0 Å². The molecule has 0 saturated carbocycles. The number of allylic oxidation sites excluding steroid dienone is 3. The molecule has 5 heteroatoms. The highest BCUT2D eigenvalue weighted by molar-refractivity contribution is 9.10. The van der Waals surface area contributed by atoms with Crippen molar-refractivity contribution < 1.29 is 4.79 Å². The van der Waals surface area contributed by atoms with E-state index in [0.717, 1.165) is 21.3 Å². The first kappa shape index (κ1) is 12.8. The summed E-state index contributed by atoms with van der Waals surface area (Å²) in [5.41, 5.74) is 3.44. The van der Waals surface area contributed by atoms with Gasteiger partial charge in [0.2, 0.25) is 0 Å². The highest BCUT2D eigenvalue weighted by Crippen LogP contribution is 2.33. The Hall–Kier alpha value is -2.19. The average molecular weight is 328 g/mol. The van der Waals surface area contributed by atoms with Gasteiger partial charge in [-0.3, -0.25) is 0 Å². The number of nitrogens with zero attached hydrogens (tertiary/aromatic N) is 2. The topological polar surface area (TPSA) is 65.2 Å². The summed E-state index contributed by atoms with van der Waals surface area (Å²) in [7, 11) is 0. The number of aliphatic imine (C=N–C) groups is 1. The fourth-order valence-electron chi connectivity index (χ4n) is 2.43. The number of fused-ring (bicyclic) bond motifs is 1. The average Bonchev–Trinajstić information content (AvgIpc) is 2.78. The van der Waals surface area contributed by atoms with E-state index in [2.05, 4.69) is 32.3 Å². The number of amides is 2. The molecule has 1 aromatic rings. The van der Waals surface area contributed by atoms with E-state index in [4.69, 9.17) is 5.26 Å². The molecular weight excluding hydrogens is 318 g/mol. The van der Waals surface area contributed by atoms with Crippen LogP contribution in [-0.4, -0.2) is 11.7 Å². The first-order valence-electron chi connectivity index (χ1n) is 6.13. The molecule has 0 fully saturated rings. The van der Waals surface area contributed by atoms with E-state index >= 15 is 0 Å². The van der Waals surface area contributed by atoms with Crippen LogP contribution >= 0.6 is 15.9 Å². The van der Waals surface area contributed by atoms with Crippen LogP contribution in [-0.2, 0) is 6.42 Å². The summed E-state index contributed by atoms with van der Waals surface area (Å²) in [5.74, 6) is 0.0151. The third kappa shape index (κ3) is 2.19. The second kappa shape index (κ2) is 5.06. The molecule has 1 N–H and O–H groups in total. The predicted octanol–water partition coefficient (Wildman–Crippen LogP) is 3.22. The van der Waals surface area contributed by atoms with E-state index < -0.39 is 0 Å². The molecule has 1 aliphatic carbocycles. The van der Waals surface area contributed by atoms with Crippen LogP contribution in [0, 0.1) is 11.3 Å². The second-order valence-electron chi connectivity index (χ2n) is 4.54. The largest absolute Gasteiger partial charge is 0.346 e. The van der Waals surface area contributed by atoms with Crippen molar-refractivity contribution in [1.82, 2.24) is 5.32 Å². The number of benzene rings is 1. The smallest absolute Gasteiger partial charge is 0.304 e. The maximum atomic E-state index is 11.3. The van der Waals surface area contributed by atoms with Crippen molar-refractivity contribution in [2.75, 3.05) is 0 Å². The van der Waals surface area contributed by atoms with Crippen molar-refractivity contribution in [2.24, 2.45) is 4.99 Å². The molecule has 0 bridgehead atoms. The van der Waals surface area contributed by atoms with E-state index in [1.807, 2.05) is 36.4 Å². The number of carbonyl (C=O) groups excluding carboxylic acids is 1. The number of urea groups is 1. The van der Waals surface area contributed by atoms with Gasteiger partial charge in [-0.25, -0.2) is 4.79 Å². The van der Waals surface area contributed by atoms with Crippen molar-refractivity contribution in [3.05, 3.63) is 57.7 Å². The molecule has 2 amide bonds. The maximum absolute atomic E-state index is 11.3. The standard InChI is InChI=1S/C15H10BrN3O/c16-11-3-1-2-9(6-7-17)14(11)10-4-5-12-13(8-10)19-15(20)18-12/h1-5,8,10H,6H2,(H,19,20). The second-order valence-corrected chi connectivity index (χ2v) is 5.39. The summed E-state index contributed by atoms with van der Waals surface area (Å²) in [6, 6.07) is 7.68. The number of nitriles is 1. The maximum Gasteiger partial charge on any atom is 0.346 e. The summed E-state index contributed by atoms with van der Waals surface area (Å²) in [6.45, 7) is 0. The molecule has 1 aliphatic heterocycles. The van der Waals surface area contributed by atoms with Crippen LogP contribution in [0.25, 0.3) is 0 Å². The lowest BCUT2D eigenvalue weighted by Crippen LogP contribution is -2.17. The number of rotatable bonds is 2. The van der Waals surface area contributed by atoms with E-state index in [1.54, 1.807) is 0 Å². The molecular formula is C15H10BrN3O. The molecule has 3 rings (SSSR count). The molecule has 0 saturated heterocycles. The van der Waals surface area contributed by atoms with Gasteiger partial charge in [0.25, 0.3) is 0 Å². The highest BCUT2D eigenvalue weighted by Gasteiger charge is 2.24.